The molecule has 208 valence electrons. The van der Waals surface area contributed by atoms with E-state index in [0.717, 1.165) is 52.1 Å². The molecule has 0 N–H and O–H groups in total. The topological polar surface area (TPSA) is 52.8 Å². The van der Waals surface area contributed by atoms with Crippen LogP contribution in [0.5, 0.6) is 11.5 Å². The number of halogens is 1. The maximum absolute atomic E-state index is 14.2. The van der Waals surface area contributed by atoms with E-state index in [4.69, 9.17) is 26.1 Å². The van der Waals surface area contributed by atoms with Crippen molar-refractivity contribution in [3.8, 4) is 11.5 Å². The molecule has 1 aliphatic carbocycles. The van der Waals surface area contributed by atoms with Gasteiger partial charge in [0.15, 0.2) is 4.80 Å². The number of fused-ring (bicyclic) bond motifs is 3. The summed E-state index contributed by atoms with van der Waals surface area (Å²) >= 11 is 7.45. The molecule has 4 aromatic carbocycles. The predicted octanol–water partition coefficient (Wildman–Crippen LogP) is 6.56. The molecule has 0 spiro atoms. The molecular formula is C35H27ClN2O3S. The van der Waals surface area contributed by atoms with Crippen LogP contribution in [0.25, 0.3) is 11.8 Å². The number of benzene rings is 4. The SMILES string of the molecule is COc1ccccc1[C@H]1C2=C(N=c3s/c(=C\c4ccccc4OCc4ccc(Cl)cc4)c(=O)n31)c1ccccc1CC2. The summed E-state index contributed by atoms with van der Waals surface area (Å²) in [4.78, 5) is 20.0. The maximum atomic E-state index is 14.2. The predicted molar refractivity (Wildman–Crippen MR) is 168 cm³/mol. The highest BCUT2D eigenvalue weighted by atomic mass is 35.5. The van der Waals surface area contributed by atoms with Gasteiger partial charge in [0.2, 0.25) is 0 Å². The summed E-state index contributed by atoms with van der Waals surface area (Å²) in [6.07, 6.45) is 3.64. The van der Waals surface area contributed by atoms with E-state index in [1.807, 2.05) is 77.4 Å². The minimum atomic E-state index is -0.306. The van der Waals surface area contributed by atoms with Gasteiger partial charge < -0.3 is 9.47 Å². The minimum absolute atomic E-state index is 0.0763. The van der Waals surface area contributed by atoms with Gasteiger partial charge in [0, 0.05) is 21.7 Å². The van der Waals surface area contributed by atoms with Crippen LogP contribution in [0.4, 0.5) is 0 Å². The number of para-hydroxylation sites is 2. The molecule has 5 nitrogen and oxygen atoms in total. The fraction of sp³-hybridized carbons (Fsp3) is 0.143. The lowest BCUT2D eigenvalue weighted by atomic mass is 9.83. The molecule has 0 radical (unpaired) electrons. The lowest BCUT2D eigenvalue weighted by Crippen LogP contribution is -2.39. The van der Waals surface area contributed by atoms with Gasteiger partial charge in [-0.25, -0.2) is 4.99 Å². The number of rotatable bonds is 6. The molecule has 2 aliphatic rings. The fourth-order valence-corrected chi connectivity index (χ4v) is 6.92. The van der Waals surface area contributed by atoms with Crippen LogP contribution >= 0.6 is 22.9 Å². The summed E-state index contributed by atoms with van der Waals surface area (Å²) in [5, 5.41) is 0.686. The molecule has 0 unspecified atom stereocenters. The smallest absolute Gasteiger partial charge is 0.271 e. The zero-order valence-corrected chi connectivity index (χ0v) is 24.5. The van der Waals surface area contributed by atoms with Crippen LogP contribution in [-0.4, -0.2) is 11.7 Å². The second-order valence-electron chi connectivity index (χ2n) is 10.3. The lowest BCUT2D eigenvalue weighted by Gasteiger charge is -2.31. The Bertz CT molecular complexity index is 2020. The largest absolute Gasteiger partial charge is 0.496 e. The van der Waals surface area contributed by atoms with Crippen LogP contribution in [0.2, 0.25) is 5.02 Å². The Morgan fingerprint density at radius 3 is 2.50 bits per heavy atom. The molecule has 42 heavy (non-hydrogen) atoms. The Balaban J connectivity index is 1.37. The molecule has 7 heteroatoms. The van der Waals surface area contributed by atoms with Crippen molar-refractivity contribution in [1.82, 2.24) is 4.57 Å². The number of ether oxygens (including phenoxy) is 2. The molecule has 0 fully saturated rings. The number of methoxy groups -OCH3 is 1. The van der Waals surface area contributed by atoms with E-state index in [1.165, 1.54) is 16.9 Å². The summed E-state index contributed by atoms with van der Waals surface area (Å²) < 4.78 is 14.4. The molecule has 0 saturated heterocycles. The Morgan fingerprint density at radius 2 is 1.67 bits per heavy atom. The molecule has 0 bridgehead atoms. The van der Waals surface area contributed by atoms with Crippen LogP contribution in [-0.2, 0) is 13.0 Å². The van der Waals surface area contributed by atoms with Gasteiger partial charge in [0.1, 0.15) is 18.1 Å². The van der Waals surface area contributed by atoms with Gasteiger partial charge in [0.25, 0.3) is 5.56 Å². The van der Waals surface area contributed by atoms with Crippen molar-refractivity contribution in [1.29, 1.82) is 0 Å². The van der Waals surface area contributed by atoms with E-state index in [0.29, 0.717) is 26.7 Å². The average Bonchev–Trinajstić information content (AvgIpc) is 3.34. The molecule has 2 heterocycles. The number of aromatic nitrogens is 1. The van der Waals surface area contributed by atoms with Crippen molar-refractivity contribution in [2.24, 2.45) is 4.99 Å². The number of hydrogen-bond donors (Lipinski definition) is 0. The number of hydrogen-bond acceptors (Lipinski definition) is 5. The van der Waals surface area contributed by atoms with E-state index >= 15 is 0 Å². The Kier molecular flexibility index (Phi) is 7.02. The van der Waals surface area contributed by atoms with E-state index in [9.17, 15) is 4.79 Å². The summed E-state index contributed by atoms with van der Waals surface area (Å²) in [5.74, 6) is 1.46. The normalized spacial score (nSPS) is 15.9. The highest BCUT2D eigenvalue weighted by Gasteiger charge is 2.34. The van der Waals surface area contributed by atoms with Gasteiger partial charge >= 0.3 is 0 Å². The summed E-state index contributed by atoms with van der Waals surface area (Å²) in [6.45, 7) is 0.392. The zero-order chi connectivity index (χ0) is 28.6. The quantitative estimate of drug-likeness (QED) is 0.225. The first-order valence-corrected chi connectivity index (χ1v) is 15.0. The monoisotopic (exact) mass is 590 g/mol. The van der Waals surface area contributed by atoms with Crippen molar-refractivity contribution < 1.29 is 9.47 Å². The van der Waals surface area contributed by atoms with E-state index in [1.54, 1.807) is 7.11 Å². The standard InChI is InChI=1S/C35H27ClN2O3S/c1-40-30-13-7-5-11-27(30)33-28-19-16-23-8-2-4-10-26(23)32(28)37-35-38(33)34(39)31(42-35)20-24-9-3-6-12-29(24)41-21-22-14-17-25(36)18-15-22/h2-15,17-18,20,33H,16,19,21H2,1H3/b31-20-/t33-/m0/s1. The van der Waals surface area contributed by atoms with Gasteiger partial charge in [-0.15, -0.1) is 0 Å². The van der Waals surface area contributed by atoms with Crippen LogP contribution < -0.4 is 24.4 Å². The molecule has 0 saturated carbocycles. The first-order valence-electron chi connectivity index (χ1n) is 13.8. The second kappa shape index (κ2) is 11.1. The molecule has 1 aromatic heterocycles. The van der Waals surface area contributed by atoms with Crippen LogP contribution in [0.1, 0.15) is 40.3 Å². The summed E-state index contributed by atoms with van der Waals surface area (Å²) in [7, 11) is 1.68. The molecule has 5 aromatic rings. The Morgan fingerprint density at radius 1 is 0.929 bits per heavy atom. The van der Waals surface area contributed by atoms with E-state index in [2.05, 4.69) is 30.3 Å². The van der Waals surface area contributed by atoms with E-state index in [-0.39, 0.29) is 11.6 Å². The van der Waals surface area contributed by atoms with Crippen molar-refractivity contribution >= 4 is 34.7 Å². The van der Waals surface area contributed by atoms with Crippen molar-refractivity contribution in [2.45, 2.75) is 25.5 Å². The van der Waals surface area contributed by atoms with Crippen molar-refractivity contribution in [3.05, 3.63) is 155 Å². The highest BCUT2D eigenvalue weighted by molar-refractivity contribution is 7.07. The molecule has 1 atom stereocenters. The first-order chi connectivity index (χ1) is 20.6. The number of nitrogens with zero attached hydrogens (tertiary/aromatic N) is 2. The van der Waals surface area contributed by atoms with Gasteiger partial charge in [-0.3, -0.25) is 9.36 Å². The third-order valence-corrected chi connectivity index (χ3v) is 9.05. The van der Waals surface area contributed by atoms with Gasteiger partial charge in [-0.2, -0.15) is 0 Å². The first kappa shape index (κ1) is 26.5. The highest BCUT2D eigenvalue weighted by Crippen LogP contribution is 2.43. The van der Waals surface area contributed by atoms with Gasteiger partial charge in [0.05, 0.1) is 23.4 Å². The lowest BCUT2D eigenvalue weighted by molar-refractivity contribution is 0.305. The second-order valence-corrected chi connectivity index (χ2v) is 11.8. The number of allylic oxidation sites excluding steroid dienone is 1. The van der Waals surface area contributed by atoms with Crippen LogP contribution in [0.3, 0.4) is 0 Å². The zero-order valence-electron chi connectivity index (χ0n) is 22.9. The Labute approximate surface area is 252 Å². The number of aryl methyl sites for hydroxylation is 1. The summed E-state index contributed by atoms with van der Waals surface area (Å²) in [6, 6.07) is 31.5. The van der Waals surface area contributed by atoms with Crippen molar-refractivity contribution in [2.75, 3.05) is 7.11 Å². The molecular weight excluding hydrogens is 564 g/mol. The number of thiazole rings is 1. The van der Waals surface area contributed by atoms with E-state index < -0.39 is 0 Å². The molecule has 1 aliphatic heterocycles. The van der Waals surface area contributed by atoms with Gasteiger partial charge in [-0.05, 0) is 59.9 Å². The Hall–Kier alpha value is -4.39. The fourth-order valence-electron chi connectivity index (χ4n) is 5.81. The minimum Gasteiger partial charge on any atom is -0.496 e. The van der Waals surface area contributed by atoms with Gasteiger partial charge in [-0.1, -0.05) is 95.7 Å². The average molecular weight is 591 g/mol. The third-order valence-electron chi connectivity index (χ3n) is 7.82. The van der Waals surface area contributed by atoms with Crippen molar-refractivity contribution in [3.63, 3.8) is 0 Å². The van der Waals surface area contributed by atoms with Crippen LogP contribution in [0.15, 0.2) is 112 Å². The summed E-state index contributed by atoms with van der Waals surface area (Å²) in [5.41, 5.74) is 7.25. The maximum Gasteiger partial charge on any atom is 0.271 e. The molecule has 0 amide bonds. The third kappa shape index (κ3) is 4.77. The molecule has 7 rings (SSSR count). The van der Waals surface area contributed by atoms with Crippen LogP contribution in [0, 0.1) is 0 Å².